The lowest BCUT2D eigenvalue weighted by molar-refractivity contribution is -0.173. The van der Waals surface area contributed by atoms with Gasteiger partial charge < -0.3 is 10.1 Å². The summed E-state index contributed by atoms with van der Waals surface area (Å²) in [5.74, 6) is 0.715. The molecule has 0 atom stereocenters. The molecule has 1 rings (SSSR count). The first-order chi connectivity index (χ1) is 7.08. The zero-order chi connectivity index (χ0) is 11.1. The van der Waals surface area contributed by atoms with Gasteiger partial charge in [0.2, 0.25) is 0 Å². The van der Waals surface area contributed by atoms with Crippen LogP contribution in [0.1, 0.15) is 25.7 Å². The van der Waals surface area contributed by atoms with Gasteiger partial charge in [-0.2, -0.15) is 13.2 Å². The molecule has 0 radical (unpaired) electrons. The van der Waals surface area contributed by atoms with E-state index in [1.165, 1.54) is 25.7 Å². The highest BCUT2D eigenvalue weighted by molar-refractivity contribution is 4.69. The van der Waals surface area contributed by atoms with Crippen LogP contribution in [0.3, 0.4) is 0 Å². The Morgan fingerprint density at radius 1 is 1.20 bits per heavy atom. The molecule has 0 heterocycles. The van der Waals surface area contributed by atoms with E-state index in [4.69, 9.17) is 0 Å². The summed E-state index contributed by atoms with van der Waals surface area (Å²) in [5.41, 5.74) is 0. The quantitative estimate of drug-likeness (QED) is 0.700. The summed E-state index contributed by atoms with van der Waals surface area (Å²) in [6, 6.07) is 0. The van der Waals surface area contributed by atoms with Crippen LogP contribution < -0.4 is 5.32 Å². The molecule has 1 aliphatic rings. The number of alkyl halides is 3. The van der Waals surface area contributed by atoms with E-state index < -0.39 is 12.8 Å². The summed E-state index contributed by atoms with van der Waals surface area (Å²) in [4.78, 5) is 0. The lowest BCUT2D eigenvalue weighted by atomic mass is 10.1. The standard InChI is InChI=1S/C10H18F3NO/c11-10(12,13)8-15-6-5-14-7-9-3-1-2-4-9/h9,14H,1-8H2. The Labute approximate surface area is 88.2 Å². The second-order valence-electron chi connectivity index (χ2n) is 4.02. The molecule has 1 fully saturated rings. The van der Waals surface area contributed by atoms with Crippen LogP contribution in [0.25, 0.3) is 0 Å². The Hall–Kier alpha value is -0.290. The third-order valence-electron chi connectivity index (χ3n) is 2.60. The molecule has 15 heavy (non-hydrogen) atoms. The highest BCUT2D eigenvalue weighted by Gasteiger charge is 2.27. The van der Waals surface area contributed by atoms with Gasteiger partial charge in [0, 0.05) is 6.54 Å². The van der Waals surface area contributed by atoms with Crippen LogP contribution in [0, 0.1) is 5.92 Å². The fourth-order valence-electron chi connectivity index (χ4n) is 1.85. The van der Waals surface area contributed by atoms with Gasteiger partial charge in [0.05, 0.1) is 6.61 Å². The molecule has 0 aliphatic heterocycles. The SMILES string of the molecule is FC(F)(F)COCCNCC1CCCC1. The van der Waals surface area contributed by atoms with E-state index in [0.717, 1.165) is 6.54 Å². The molecule has 90 valence electrons. The Kier molecular flexibility index (Phi) is 5.39. The maximum atomic E-state index is 11.7. The smallest absolute Gasteiger partial charge is 0.371 e. The Morgan fingerprint density at radius 3 is 2.47 bits per heavy atom. The number of hydrogen-bond acceptors (Lipinski definition) is 2. The normalized spacial score (nSPS) is 18.6. The van der Waals surface area contributed by atoms with Gasteiger partial charge in [0.1, 0.15) is 6.61 Å². The van der Waals surface area contributed by atoms with E-state index in [-0.39, 0.29) is 6.61 Å². The topological polar surface area (TPSA) is 21.3 Å². The minimum absolute atomic E-state index is 0.131. The van der Waals surface area contributed by atoms with Crippen molar-refractivity contribution in [3.05, 3.63) is 0 Å². The third kappa shape index (κ3) is 6.73. The molecular weight excluding hydrogens is 207 g/mol. The van der Waals surface area contributed by atoms with Crippen molar-refractivity contribution < 1.29 is 17.9 Å². The van der Waals surface area contributed by atoms with E-state index in [9.17, 15) is 13.2 Å². The van der Waals surface area contributed by atoms with Gasteiger partial charge in [-0.3, -0.25) is 0 Å². The summed E-state index contributed by atoms with van der Waals surface area (Å²) in [5, 5.41) is 3.12. The van der Waals surface area contributed by atoms with Gasteiger partial charge in [-0.25, -0.2) is 0 Å². The van der Waals surface area contributed by atoms with E-state index in [2.05, 4.69) is 10.1 Å². The Bertz CT molecular complexity index is 167. The molecule has 0 aromatic carbocycles. The molecule has 5 heteroatoms. The summed E-state index contributed by atoms with van der Waals surface area (Å²) < 4.78 is 39.5. The highest BCUT2D eigenvalue weighted by Crippen LogP contribution is 2.23. The average molecular weight is 225 g/mol. The molecule has 1 N–H and O–H groups in total. The second kappa shape index (κ2) is 6.33. The predicted octanol–water partition coefficient (Wildman–Crippen LogP) is 2.35. The van der Waals surface area contributed by atoms with Gasteiger partial charge in [0.15, 0.2) is 0 Å². The Balaban J connectivity index is 1.84. The first-order valence-corrected chi connectivity index (χ1v) is 5.43. The molecule has 0 spiro atoms. The summed E-state index contributed by atoms with van der Waals surface area (Å²) in [6.07, 6.45) is 0.867. The van der Waals surface area contributed by atoms with Crippen LogP contribution in [-0.4, -0.2) is 32.5 Å². The van der Waals surface area contributed by atoms with Crippen LogP contribution in [0.5, 0.6) is 0 Å². The maximum absolute atomic E-state index is 11.7. The monoisotopic (exact) mass is 225 g/mol. The fraction of sp³-hybridized carbons (Fsp3) is 1.00. The second-order valence-corrected chi connectivity index (χ2v) is 4.02. The molecule has 0 aromatic rings. The number of halogens is 3. The summed E-state index contributed by atoms with van der Waals surface area (Å²) >= 11 is 0. The van der Waals surface area contributed by atoms with E-state index in [1.54, 1.807) is 0 Å². The zero-order valence-electron chi connectivity index (χ0n) is 8.78. The van der Waals surface area contributed by atoms with Gasteiger partial charge in [0.25, 0.3) is 0 Å². The average Bonchev–Trinajstić information content (AvgIpc) is 2.61. The van der Waals surface area contributed by atoms with Gasteiger partial charge in [-0.05, 0) is 25.3 Å². The van der Waals surface area contributed by atoms with E-state index >= 15 is 0 Å². The first kappa shape index (κ1) is 12.8. The van der Waals surface area contributed by atoms with Gasteiger partial charge in [-0.1, -0.05) is 12.8 Å². The number of rotatable bonds is 6. The summed E-state index contributed by atoms with van der Waals surface area (Å²) in [7, 11) is 0. The molecule has 0 amide bonds. The molecular formula is C10H18F3NO. The van der Waals surface area contributed by atoms with Crippen molar-refractivity contribution in [1.82, 2.24) is 5.32 Å². The van der Waals surface area contributed by atoms with Crippen molar-refractivity contribution in [2.75, 3.05) is 26.3 Å². The van der Waals surface area contributed by atoms with Crippen molar-refractivity contribution in [2.24, 2.45) is 5.92 Å². The molecule has 0 aromatic heterocycles. The zero-order valence-corrected chi connectivity index (χ0v) is 8.78. The molecule has 1 aliphatic carbocycles. The Morgan fingerprint density at radius 2 is 1.87 bits per heavy atom. The number of ether oxygens (including phenoxy) is 1. The van der Waals surface area contributed by atoms with Crippen LogP contribution in [0.4, 0.5) is 13.2 Å². The molecule has 0 bridgehead atoms. The van der Waals surface area contributed by atoms with Crippen molar-refractivity contribution in [3.8, 4) is 0 Å². The van der Waals surface area contributed by atoms with E-state index in [1.807, 2.05) is 0 Å². The lowest BCUT2D eigenvalue weighted by Crippen LogP contribution is -2.27. The van der Waals surface area contributed by atoms with Gasteiger partial charge in [-0.15, -0.1) is 0 Å². The largest absolute Gasteiger partial charge is 0.411 e. The lowest BCUT2D eigenvalue weighted by Gasteiger charge is -2.11. The predicted molar refractivity (Wildman–Crippen MR) is 51.7 cm³/mol. The number of nitrogens with one attached hydrogen (secondary N) is 1. The van der Waals surface area contributed by atoms with Crippen molar-refractivity contribution in [2.45, 2.75) is 31.9 Å². The summed E-state index contributed by atoms with van der Waals surface area (Å²) in [6.45, 7) is 0.409. The minimum Gasteiger partial charge on any atom is -0.371 e. The van der Waals surface area contributed by atoms with Crippen LogP contribution in [-0.2, 0) is 4.74 Å². The van der Waals surface area contributed by atoms with Crippen molar-refractivity contribution in [3.63, 3.8) is 0 Å². The fourth-order valence-corrected chi connectivity index (χ4v) is 1.85. The van der Waals surface area contributed by atoms with Crippen molar-refractivity contribution >= 4 is 0 Å². The highest BCUT2D eigenvalue weighted by atomic mass is 19.4. The van der Waals surface area contributed by atoms with Crippen LogP contribution in [0.2, 0.25) is 0 Å². The number of hydrogen-bond donors (Lipinski definition) is 1. The first-order valence-electron chi connectivity index (χ1n) is 5.43. The van der Waals surface area contributed by atoms with E-state index in [0.29, 0.717) is 12.5 Å². The van der Waals surface area contributed by atoms with Gasteiger partial charge >= 0.3 is 6.18 Å². The maximum Gasteiger partial charge on any atom is 0.411 e. The van der Waals surface area contributed by atoms with Crippen LogP contribution >= 0.6 is 0 Å². The third-order valence-corrected chi connectivity index (χ3v) is 2.60. The minimum atomic E-state index is -4.20. The van der Waals surface area contributed by atoms with Crippen LogP contribution in [0.15, 0.2) is 0 Å². The van der Waals surface area contributed by atoms with Crippen molar-refractivity contribution in [1.29, 1.82) is 0 Å². The molecule has 0 unspecified atom stereocenters. The molecule has 1 saturated carbocycles. The molecule has 2 nitrogen and oxygen atoms in total. The molecule has 0 saturated heterocycles.